The summed E-state index contributed by atoms with van der Waals surface area (Å²) in [5.74, 6) is -0.767. The van der Waals surface area contributed by atoms with Crippen molar-refractivity contribution in [3.63, 3.8) is 0 Å². The highest BCUT2D eigenvalue weighted by Crippen LogP contribution is 2.05. The summed E-state index contributed by atoms with van der Waals surface area (Å²) in [4.78, 5) is 22.9. The lowest BCUT2D eigenvalue weighted by Gasteiger charge is -2.12. The van der Waals surface area contributed by atoms with Crippen LogP contribution >= 0.6 is 0 Å². The summed E-state index contributed by atoms with van der Waals surface area (Å²) in [6.45, 7) is 6.09. The van der Waals surface area contributed by atoms with Gasteiger partial charge in [-0.25, -0.2) is 4.79 Å². The molecule has 4 nitrogen and oxygen atoms in total. The van der Waals surface area contributed by atoms with Crippen molar-refractivity contribution in [1.82, 2.24) is 0 Å². The van der Waals surface area contributed by atoms with E-state index in [2.05, 4.69) is 6.92 Å². The van der Waals surface area contributed by atoms with Crippen LogP contribution in [0.1, 0.15) is 65.7 Å². The predicted molar refractivity (Wildman–Crippen MR) is 70.2 cm³/mol. The molecule has 0 saturated carbocycles. The first kappa shape index (κ1) is 16.9. The van der Waals surface area contributed by atoms with Crippen LogP contribution in [0, 0.1) is 0 Å². The van der Waals surface area contributed by atoms with E-state index in [0.717, 1.165) is 38.5 Å². The molecule has 0 heterocycles. The molecule has 0 aromatic rings. The zero-order valence-electron chi connectivity index (χ0n) is 11.9. The molecular formula is C14H26O4. The highest BCUT2D eigenvalue weighted by molar-refractivity contribution is 5.78. The minimum absolute atomic E-state index is 0.314. The zero-order valence-corrected chi connectivity index (χ0v) is 11.9. The number of carbonyl (C=O) groups excluding carboxylic acids is 2. The third-order valence-corrected chi connectivity index (χ3v) is 2.62. The lowest BCUT2D eigenvalue weighted by atomic mass is 10.1. The quantitative estimate of drug-likeness (QED) is 0.446. The van der Waals surface area contributed by atoms with E-state index in [1.165, 1.54) is 0 Å². The van der Waals surface area contributed by atoms with E-state index >= 15 is 0 Å². The maximum atomic E-state index is 11.4. The van der Waals surface area contributed by atoms with E-state index < -0.39 is 12.1 Å². The molecule has 18 heavy (non-hydrogen) atoms. The Kier molecular flexibility index (Phi) is 10.4. The van der Waals surface area contributed by atoms with Gasteiger partial charge < -0.3 is 9.47 Å². The van der Waals surface area contributed by atoms with Crippen LogP contribution in [0.3, 0.4) is 0 Å². The molecule has 0 aliphatic rings. The van der Waals surface area contributed by atoms with E-state index in [-0.39, 0.29) is 5.97 Å². The van der Waals surface area contributed by atoms with Gasteiger partial charge in [0.2, 0.25) is 0 Å². The zero-order chi connectivity index (χ0) is 13.8. The van der Waals surface area contributed by atoms with Gasteiger partial charge in [0.05, 0.1) is 6.61 Å². The number of esters is 2. The Balaban J connectivity index is 3.68. The first-order valence-electron chi connectivity index (χ1n) is 6.97. The standard InChI is InChI=1S/C14H26O4/c1-4-6-8-9-10-13(15)18-12(3)14(16)17-11-7-5-2/h12H,4-11H2,1-3H3. The molecule has 4 heteroatoms. The maximum Gasteiger partial charge on any atom is 0.347 e. The monoisotopic (exact) mass is 258 g/mol. The van der Waals surface area contributed by atoms with E-state index in [0.29, 0.717) is 13.0 Å². The van der Waals surface area contributed by atoms with Crippen LogP contribution in [0.25, 0.3) is 0 Å². The molecule has 0 spiro atoms. The van der Waals surface area contributed by atoms with Crippen LogP contribution in [-0.2, 0) is 19.1 Å². The number of unbranched alkanes of at least 4 members (excludes halogenated alkanes) is 4. The number of carbonyl (C=O) groups is 2. The molecule has 0 aromatic heterocycles. The second-order valence-electron chi connectivity index (χ2n) is 4.46. The lowest BCUT2D eigenvalue weighted by Crippen LogP contribution is -2.26. The Bertz CT molecular complexity index is 238. The Hall–Kier alpha value is -1.06. The Morgan fingerprint density at radius 3 is 2.28 bits per heavy atom. The van der Waals surface area contributed by atoms with E-state index in [4.69, 9.17) is 9.47 Å². The van der Waals surface area contributed by atoms with E-state index in [1.54, 1.807) is 6.92 Å². The Labute approximate surface area is 110 Å². The maximum absolute atomic E-state index is 11.4. The molecule has 0 aliphatic heterocycles. The fourth-order valence-electron chi connectivity index (χ4n) is 1.43. The average molecular weight is 258 g/mol. The smallest absolute Gasteiger partial charge is 0.347 e. The summed E-state index contributed by atoms with van der Waals surface area (Å²) in [7, 11) is 0. The van der Waals surface area contributed by atoms with Gasteiger partial charge in [-0.1, -0.05) is 39.5 Å². The van der Waals surface area contributed by atoms with Gasteiger partial charge in [0.25, 0.3) is 0 Å². The summed E-state index contributed by atoms with van der Waals surface area (Å²) < 4.78 is 9.98. The number of ether oxygens (including phenoxy) is 2. The van der Waals surface area contributed by atoms with Crippen molar-refractivity contribution >= 4 is 11.9 Å². The van der Waals surface area contributed by atoms with E-state index in [1.807, 2.05) is 6.92 Å². The molecule has 0 rings (SSSR count). The van der Waals surface area contributed by atoms with Gasteiger partial charge >= 0.3 is 11.9 Å². The summed E-state index contributed by atoms with van der Waals surface area (Å²) in [6, 6.07) is 0. The molecule has 0 fully saturated rings. The summed E-state index contributed by atoms with van der Waals surface area (Å²) >= 11 is 0. The molecule has 0 amide bonds. The van der Waals surface area contributed by atoms with Gasteiger partial charge in [0, 0.05) is 6.42 Å². The minimum atomic E-state index is -0.791. The summed E-state index contributed by atoms with van der Waals surface area (Å²) in [5.41, 5.74) is 0. The van der Waals surface area contributed by atoms with Crippen LogP contribution in [0.5, 0.6) is 0 Å². The molecule has 106 valence electrons. The summed E-state index contributed by atoms with van der Waals surface area (Å²) in [5, 5.41) is 0. The van der Waals surface area contributed by atoms with Crippen LogP contribution in [0.4, 0.5) is 0 Å². The molecule has 0 aliphatic carbocycles. The van der Waals surface area contributed by atoms with Crippen LogP contribution in [0.2, 0.25) is 0 Å². The second-order valence-corrected chi connectivity index (χ2v) is 4.46. The molecular weight excluding hydrogens is 232 g/mol. The number of hydrogen-bond acceptors (Lipinski definition) is 4. The van der Waals surface area contributed by atoms with Crippen molar-refractivity contribution in [1.29, 1.82) is 0 Å². The fraction of sp³-hybridized carbons (Fsp3) is 0.857. The van der Waals surface area contributed by atoms with Crippen molar-refractivity contribution < 1.29 is 19.1 Å². The van der Waals surface area contributed by atoms with Gasteiger partial charge in [-0.2, -0.15) is 0 Å². The van der Waals surface area contributed by atoms with Crippen LogP contribution in [0.15, 0.2) is 0 Å². The van der Waals surface area contributed by atoms with Crippen molar-refractivity contribution in [2.75, 3.05) is 6.61 Å². The fourth-order valence-corrected chi connectivity index (χ4v) is 1.43. The molecule has 0 N–H and O–H groups in total. The van der Waals surface area contributed by atoms with Crippen molar-refractivity contribution in [2.45, 2.75) is 71.8 Å². The lowest BCUT2D eigenvalue weighted by molar-refractivity contribution is -0.166. The van der Waals surface area contributed by atoms with Gasteiger partial charge in [0.15, 0.2) is 6.10 Å². The van der Waals surface area contributed by atoms with Gasteiger partial charge in [0.1, 0.15) is 0 Å². The van der Waals surface area contributed by atoms with Crippen LogP contribution in [-0.4, -0.2) is 24.6 Å². The first-order chi connectivity index (χ1) is 8.61. The highest BCUT2D eigenvalue weighted by Gasteiger charge is 2.18. The van der Waals surface area contributed by atoms with Crippen molar-refractivity contribution in [3.8, 4) is 0 Å². The Morgan fingerprint density at radius 1 is 1.00 bits per heavy atom. The molecule has 0 bridgehead atoms. The van der Waals surface area contributed by atoms with E-state index in [9.17, 15) is 9.59 Å². The van der Waals surface area contributed by atoms with Crippen molar-refractivity contribution in [2.24, 2.45) is 0 Å². The van der Waals surface area contributed by atoms with Crippen molar-refractivity contribution in [3.05, 3.63) is 0 Å². The molecule has 1 unspecified atom stereocenters. The third-order valence-electron chi connectivity index (χ3n) is 2.62. The normalized spacial score (nSPS) is 11.9. The van der Waals surface area contributed by atoms with Gasteiger partial charge in [-0.3, -0.25) is 4.79 Å². The highest BCUT2D eigenvalue weighted by atomic mass is 16.6. The molecule has 1 atom stereocenters. The largest absolute Gasteiger partial charge is 0.463 e. The minimum Gasteiger partial charge on any atom is -0.463 e. The number of rotatable bonds is 10. The Morgan fingerprint density at radius 2 is 1.67 bits per heavy atom. The van der Waals surface area contributed by atoms with Gasteiger partial charge in [-0.05, 0) is 19.8 Å². The predicted octanol–water partition coefficient (Wildman–Crippen LogP) is 3.23. The molecule has 0 radical (unpaired) electrons. The molecule has 0 aromatic carbocycles. The SMILES string of the molecule is CCCCCCC(=O)OC(C)C(=O)OCCCC. The topological polar surface area (TPSA) is 52.6 Å². The first-order valence-corrected chi connectivity index (χ1v) is 6.97. The third kappa shape index (κ3) is 9.02. The second kappa shape index (κ2) is 11.1. The van der Waals surface area contributed by atoms with Gasteiger partial charge in [-0.15, -0.1) is 0 Å². The van der Waals surface area contributed by atoms with Crippen LogP contribution < -0.4 is 0 Å². The average Bonchev–Trinajstić information content (AvgIpc) is 2.34. The summed E-state index contributed by atoms with van der Waals surface area (Å²) in [6.07, 6.45) is 5.51. The number of hydrogen-bond donors (Lipinski definition) is 0. The molecule has 0 saturated heterocycles.